The Bertz CT molecular complexity index is 837. The van der Waals surface area contributed by atoms with E-state index >= 15 is 0 Å². The van der Waals surface area contributed by atoms with Gasteiger partial charge < -0.3 is 5.32 Å². The van der Waals surface area contributed by atoms with Crippen molar-refractivity contribution >= 4 is 29.4 Å². The first-order valence-electron chi connectivity index (χ1n) is 7.56. The van der Waals surface area contributed by atoms with E-state index in [4.69, 9.17) is 0 Å². The second-order valence-corrected chi connectivity index (χ2v) is 5.20. The van der Waals surface area contributed by atoms with E-state index in [0.717, 1.165) is 0 Å². The summed E-state index contributed by atoms with van der Waals surface area (Å²) < 4.78 is 12.8. The first kappa shape index (κ1) is 18.7. The molecule has 0 unspecified atom stereocenters. The highest BCUT2D eigenvalue weighted by Crippen LogP contribution is 2.11. The van der Waals surface area contributed by atoms with Gasteiger partial charge in [-0.05, 0) is 24.3 Å². The van der Waals surface area contributed by atoms with Crippen molar-refractivity contribution in [3.63, 3.8) is 0 Å². The maximum Gasteiger partial charge on any atom is 0.270 e. The van der Waals surface area contributed by atoms with Crippen LogP contribution in [-0.2, 0) is 9.59 Å². The third kappa shape index (κ3) is 6.11. The lowest BCUT2D eigenvalue weighted by Gasteiger charge is -2.04. The summed E-state index contributed by atoms with van der Waals surface area (Å²) in [5.41, 5.74) is 3.04. The normalized spacial score (nSPS) is 10.5. The zero-order chi connectivity index (χ0) is 18.9. The second-order valence-electron chi connectivity index (χ2n) is 5.20. The first-order valence-corrected chi connectivity index (χ1v) is 7.56. The predicted molar refractivity (Wildman–Crippen MR) is 93.1 cm³/mol. The van der Waals surface area contributed by atoms with Crippen LogP contribution < -0.4 is 10.7 Å². The Morgan fingerprint density at radius 2 is 1.81 bits per heavy atom. The van der Waals surface area contributed by atoms with Gasteiger partial charge in [0.25, 0.3) is 5.69 Å². The maximum absolute atomic E-state index is 12.8. The van der Waals surface area contributed by atoms with E-state index in [0.29, 0.717) is 11.3 Å². The van der Waals surface area contributed by atoms with Gasteiger partial charge in [0.15, 0.2) is 0 Å². The predicted octanol–water partition coefficient (Wildman–Crippen LogP) is 2.60. The molecule has 9 heteroatoms. The summed E-state index contributed by atoms with van der Waals surface area (Å²) in [6.45, 7) is 0. The molecule has 0 aliphatic carbocycles. The third-order valence-electron chi connectivity index (χ3n) is 3.19. The summed E-state index contributed by atoms with van der Waals surface area (Å²) >= 11 is 0. The summed E-state index contributed by atoms with van der Waals surface area (Å²) in [6.07, 6.45) is 1.10. The average Bonchev–Trinajstić information content (AvgIpc) is 2.62. The van der Waals surface area contributed by atoms with Crippen LogP contribution in [0.2, 0.25) is 0 Å². The highest BCUT2D eigenvalue weighted by molar-refractivity contribution is 5.93. The number of hydrazone groups is 1. The van der Waals surface area contributed by atoms with Crippen LogP contribution in [-0.4, -0.2) is 23.0 Å². The molecule has 0 bridgehead atoms. The fraction of sp³-hybridized carbons (Fsp3) is 0.118. The number of benzene rings is 2. The van der Waals surface area contributed by atoms with Crippen molar-refractivity contribution in [2.75, 3.05) is 5.32 Å². The molecule has 0 fully saturated rings. The van der Waals surface area contributed by atoms with Gasteiger partial charge in [-0.25, -0.2) is 9.82 Å². The first-order chi connectivity index (χ1) is 12.4. The smallest absolute Gasteiger partial charge is 0.270 e. The van der Waals surface area contributed by atoms with Gasteiger partial charge >= 0.3 is 0 Å². The molecule has 2 aromatic carbocycles. The van der Waals surface area contributed by atoms with Crippen LogP contribution in [0.3, 0.4) is 0 Å². The number of nitro benzene ring substituents is 1. The molecular formula is C17H15FN4O4. The zero-order valence-corrected chi connectivity index (χ0v) is 13.5. The van der Waals surface area contributed by atoms with Gasteiger partial charge in [0, 0.05) is 36.2 Å². The Labute approximate surface area is 147 Å². The van der Waals surface area contributed by atoms with Crippen molar-refractivity contribution in [2.45, 2.75) is 12.8 Å². The number of rotatable bonds is 7. The summed E-state index contributed by atoms with van der Waals surface area (Å²) in [5, 5.41) is 16.9. The summed E-state index contributed by atoms with van der Waals surface area (Å²) in [5.74, 6) is -1.29. The minimum Gasteiger partial charge on any atom is -0.326 e. The zero-order valence-electron chi connectivity index (χ0n) is 13.5. The minimum absolute atomic E-state index is 0.0739. The molecule has 0 aliphatic heterocycles. The third-order valence-corrected chi connectivity index (χ3v) is 3.19. The van der Waals surface area contributed by atoms with Crippen molar-refractivity contribution in [3.05, 3.63) is 70.0 Å². The monoisotopic (exact) mass is 358 g/mol. The molecule has 0 radical (unpaired) electrons. The van der Waals surface area contributed by atoms with Crippen molar-refractivity contribution in [3.8, 4) is 0 Å². The number of nitro groups is 1. The van der Waals surface area contributed by atoms with Crippen LogP contribution in [0.25, 0.3) is 0 Å². The number of nitrogens with zero attached hydrogens (tertiary/aromatic N) is 2. The van der Waals surface area contributed by atoms with E-state index in [1.54, 1.807) is 6.07 Å². The van der Waals surface area contributed by atoms with Gasteiger partial charge in [-0.15, -0.1) is 0 Å². The quantitative estimate of drug-likeness (QED) is 0.450. The number of anilines is 1. The fourth-order valence-corrected chi connectivity index (χ4v) is 1.94. The molecular weight excluding hydrogens is 343 g/mol. The van der Waals surface area contributed by atoms with Gasteiger partial charge in [-0.1, -0.05) is 12.1 Å². The van der Waals surface area contributed by atoms with Crippen molar-refractivity contribution < 1.29 is 18.9 Å². The summed E-state index contributed by atoms with van der Waals surface area (Å²) in [7, 11) is 0. The van der Waals surface area contributed by atoms with Gasteiger partial charge in [0.2, 0.25) is 11.8 Å². The van der Waals surface area contributed by atoms with E-state index in [1.165, 1.54) is 48.7 Å². The molecule has 0 aromatic heterocycles. The topological polar surface area (TPSA) is 114 Å². The summed E-state index contributed by atoms with van der Waals surface area (Å²) in [6, 6.07) is 11.0. The van der Waals surface area contributed by atoms with Crippen molar-refractivity contribution in [1.82, 2.24) is 5.43 Å². The SMILES string of the molecule is O=C(CCC(=O)Nc1ccc(F)cc1)N/N=C/c1cccc([N+](=O)[O-])c1. The molecule has 26 heavy (non-hydrogen) atoms. The standard InChI is InChI=1S/C17H15FN4O4/c18-13-4-6-14(7-5-13)20-16(23)8-9-17(24)21-19-11-12-2-1-3-15(10-12)22(25)26/h1-7,10-11H,8-9H2,(H,20,23)(H,21,24)/b19-11+. The van der Waals surface area contributed by atoms with Crippen molar-refractivity contribution in [2.24, 2.45) is 5.10 Å². The number of halogens is 1. The molecule has 8 nitrogen and oxygen atoms in total. The number of carbonyl (C=O) groups excluding carboxylic acids is 2. The van der Waals surface area contributed by atoms with Gasteiger partial charge in [-0.3, -0.25) is 19.7 Å². The molecule has 0 heterocycles. The minimum atomic E-state index is -0.532. The van der Waals surface area contributed by atoms with Crippen LogP contribution in [0.15, 0.2) is 53.6 Å². The lowest BCUT2D eigenvalue weighted by Crippen LogP contribution is -2.20. The molecule has 0 aliphatic rings. The molecule has 0 atom stereocenters. The fourth-order valence-electron chi connectivity index (χ4n) is 1.94. The average molecular weight is 358 g/mol. The van der Waals surface area contributed by atoms with Crippen LogP contribution >= 0.6 is 0 Å². The Hall–Kier alpha value is -3.62. The van der Waals surface area contributed by atoms with E-state index in [1.807, 2.05) is 0 Å². The number of carbonyl (C=O) groups is 2. The van der Waals surface area contributed by atoms with Crippen LogP contribution in [0.4, 0.5) is 15.8 Å². The molecule has 134 valence electrons. The van der Waals surface area contributed by atoms with Crippen LogP contribution in [0, 0.1) is 15.9 Å². The van der Waals surface area contributed by atoms with Gasteiger partial charge in [0.1, 0.15) is 5.82 Å². The lowest BCUT2D eigenvalue weighted by molar-refractivity contribution is -0.384. The number of amides is 2. The largest absolute Gasteiger partial charge is 0.326 e. The Kier molecular flexibility index (Phi) is 6.49. The Morgan fingerprint density at radius 3 is 2.50 bits per heavy atom. The van der Waals surface area contributed by atoms with Gasteiger partial charge in [0.05, 0.1) is 11.1 Å². The molecule has 2 amide bonds. The van der Waals surface area contributed by atoms with Crippen molar-refractivity contribution in [1.29, 1.82) is 0 Å². The number of hydrogen-bond acceptors (Lipinski definition) is 5. The number of hydrogen-bond donors (Lipinski definition) is 2. The van der Waals surface area contributed by atoms with Gasteiger partial charge in [-0.2, -0.15) is 5.10 Å². The van der Waals surface area contributed by atoms with Crippen LogP contribution in [0.5, 0.6) is 0 Å². The molecule has 2 aromatic rings. The van der Waals surface area contributed by atoms with Crippen LogP contribution in [0.1, 0.15) is 18.4 Å². The molecule has 0 saturated carbocycles. The molecule has 0 saturated heterocycles. The maximum atomic E-state index is 12.8. The van der Waals surface area contributed by atoms with E-state index < -0.39 is 22.6 Å². The van der Waals surface area contributed by atoms with E-state index in [9.17, 15) is 24.1 Å². The van der Waals surface area contributed by atoms with E-state index in [2.05, 4.69) is 15.8 Å². The molecule has 0 spiro atoms. The lowest BCUT2D eigenvalue weighted by atomic mass is 10.2. The highest BCUT2D eigenvalue weighted by Gasteiger charge is 2.07. The number of nitrogens with one attached hydrogen (secondary N) is 2. The molecule has 2 rings (SSSR count). The second kappa shape index (κ2) is 9.02. The summed E-state index contributed by atoms with van der Waals surface area (Å²) in [4.78, 5) is 33.5. The Morgan fingerprint density at radius 1 is 1.12 bits per heavy atom. The highest BCUT2D eigenvalue weighted by atomic mass is 19.1. The Balaban J connectivity index is 1.76. The number of non-ortho nitro benzene ring substituents is 1. The van der Waals surface area contributed by atoms with E-state index in [-0.39, 0.29) is 18.5 Å². The molecule has 2 N–H and O–H groups in total.